The number of carbonyl (C=O) groups excluding carboxylic acids is 1. The van der Waals surface area contributed by atoms with Gasteiger partial charge in [0.25, 0.3) is 5.91 Å². The monoisotopic (exact) mass is 400 g/mol. The number of likely N-dealkylation sites (tertiary alicyclic amines) is 1. The Labute approximate surface area is 172 Å². The lowest BCUT2D eigenvalue weighted by Crippen LogP contribution is -2.35. The largest absolute Gasteiger partial charge is 0.481 e. The van der Waals surface area contributed by atoms with Crippen LogP contribution in [0, 0.1) is 6.92 Å². The molecule has 5 heteroatoms. The zero-order valence-corrected chi connectivity index (χ0v) is 17.5. The molecule has 0 radical (unpaired) electrons. The molecular weight excluding hydrogens is 372 g/mol. The molecule has 0 unspecified atom stereocenters. The molecule has 0 aromatic heterocycles. The van der Waals surface area contributed by atoms with Gasteiger partial charge in [-0.1, -0.05) is 42.3 Å². The SMILES string of the molecule is Cc1cc(O[C@H](C)C(=O)NCc2ccc(CN3CCCCC3)cc2)ccc1Cl. The number of hydrogen-bond acceptors (Lipinski definition) is 3. The molecule has 1 aliphatic heterocycles. The minimum atomic E-state index is -0.570. The molecule has 1 amide bonds. The number of nitrogens with one attached hydrogen (secondary N) is 1. The number of aryl methyl sites for hydroxylation is 1. The summed E-state index contributed by atoms with van der Waals surface area (Å²) in [5.41, 5.74) is 3.34. The molecule has 0 saturated carbocycles. The van der Waals surface area contributed by atoms with E-state index in [1.54, 1.807) is 19.1 Å². The minimum Gasteiger partial charge on any atom is -0.481 e. The molecule has 0 spiro atoms. The second-order valence-corrected chi connectivity index (χ2v) is 7.95. The lowest BCUT2D eigenvalue weighted by molar-refractivity contribution is -0.127. The fourth-order valence-electron chi connectivity index (χ4n) is 3.42. The van der Waals surface area contributed by atoms with Crippen molar-refractivity contribution < 1.29 is 9.53 Å². The third-order valence-corrected chi connectivity index (χ3v) is 5.58. The third-order valence-electron chi connectivity index (χ3n) is 5.16. The van der Waals surface area contributed by atoms with Gasteiger partial charge in [0, 0.05) is 18.1 Å². The quantitative estimate of drug-likeness (QED) is 0.731. The van der Waals surface area contributed by atoms with Gasteiger partial charge in [0.05, 0.1) is 0 Å². The van der Waals surface area contributed by atoms with Crippen molar-refractivity contribution in [1.82, 2.24) is 10.2 Å². The fourth-order valence-corrected chi connectivity index (χ4v) is 3.54. The summed E-state index contributed by atoms with van der Waals surface area (Å²) in [4.78, 5) is 14.8. The Kier molecular flexibility index (Phi) is 7.35. The standard InChI is InChI=1S/C23H29ClN2O2/c1-17-14-21(10-11-22(17)24)28-18(2)23(27)25-15-19-6-8-20(9-7-19)16-26-12-4-3-5-13-26/h6-11,14,18H,3-5,12-13,15-16H2,1-2H3,(H,25,27)/t18-/m1/s1. The van der Waals surface area contributed by atoms with E-state index in [1.807, 2.05) is 13.0 Å². The fraction of sp³-hybridized carbons (Fsp3) is 0.435. The highest BCUT2D eigenvalue weighted by molar-refractivity contribution is 6.31. The first-order valence-corrected chi connectivity index (χ1v) is 10.4. The smallest absolute Gasteiger partial charge is 0.261 e. The van der Waals surface area contributed by atoms with Crippen molar-refractivity contribution in [2.24, 2.45) is 0 Å². The molecule has 150 valence electrons. The number of rotatable bonds is 7. The predicted octanol–water partition coefficient (Wildman–Crippen LogP) is 4.72. The van der Waals surface area contributed by atoms with E-state index in [0.717, 1.165) is 17.7 Å². The summed E-state index contributed by atoms with van der Waals surface area (Å²) >= 11 is 6.03. The highest BCUT2D eigenvalue weighted by atomic mass is 35.5. The first kappa shape index (κ1) is 20.7. The maximum atomic E-state index is 12.3. The third kappa shape index (κ3) is 5.98. The molecule has 0 aliphatic carbocycles. The topological polar surface area (TPSA) is 41.6 Å². The number of hydrogen-bond donors (Lipinski definition) is 1. The summed E-state index contributed by atoms with van der Waals surface area (Å²) in [6.07, 6.45) is 3.40. The van der Waals surface area contributed by atoms with Crippen LogP contribution in [0.2, 0.25) is 5.02 Å². The number of amides is 1. The van der Waals surface area contributed by atoms with Crippen molar-refractivity contribution in [1.29, 1.82) is 0 Å². The van der Waals surface area contributed by atoms with Crippen molar-refractivity contribution >= 4 is 17.5 Å². The van der Waals surface area contributed by atoms with Gasteiger partial charge in [-0.25, -0.2) is 0 Å². The van der Waals surface area contributed by atoms with E-state index in [4.69, 9.17) is 16.3 Å². The van der Waals surface area contributed by atoms with Crippen LogP contribution in [-0.4, -0.2) is 30.0 Å². The maximum absolute atomic E-state index is 12.3. The number of ether oxygens (including phenoxy) is 1. The molecule has 2 aromatic rings. The summed E-state index contributed by atoms with van der Waals surface area (Å²) in [7, 11) is 0. The Morgan fingerprint density at radius 1 is 1.11 bits per heavy atom. The van der Waals surface area contributed by atoms with Gasteiger partial charge >= 0.3 is 0 Å². The average Bonchev–Trinajstić information content (AvgIpc) is 2.71. The van der Waals surface area contributed by atoms with E-state index in [-0.39, 0.29) is 5.91 Å². The van der Waals surface area contributed by atoms with E-state index in [9.17, 15) is 4.79 Å². The molecule has 3 rings (SSSR count). The zero-order chi connectivity index (χ0) is 19.9. The van der Waals surface area contributed by atoms with Crippen LogP contribution in [0.5, 0.6) is 5.75 Å². The van der Waals surface area contributed by atoms with Crippen LogP contribution in [0.1, 0.15) is 42.9 Å². The molecule has 4 nitrogen and oxygen atoms in total. The van der Waals surface area contributed by atoms with Crippen LogP contribution in [0.15, 0.2) is 42.5 Å². The maximum Gasteiger partial charge on any atom is 0.261 e. The first-order valence-electron chi connectivity index (χ1n) is 10.0. The normalized spacial score (nSPS) is 15.8. The number of nitrogens with zero attached hydrogens (tertiary/aromatic N) is 1. The van der Waals surface area contributed by atoms with Gasteiger partial charge in [0.15, 0.2) is 6.10 Å². The molecule has 1 N–H and O–H groups in total. The molecule has 1 atom stereocenters. The second kappa shape index (κ2) is 9.94. The lowest BCUT2D eigenvalue weighted by atomic mass is 10.1. The molecule has 1 aliphatic rings. The van der Waals surface area contributed by atoms with Crippen LogP contribution in [0.25, 0.3) is 0 Å². The van der Waals surface area contributed by atoms with E-state index in [2.05, 4.69) is 34.5 Å². The van der Waals surface area contributed by atoms with Crippen LogP contribution in [0.4, 0.5) is 0 Å². The molecule has 28 heavy (non-hydrogen) atoms. The lowest BCUT2D eigenvalue weighted by Gasteiger charge is -2.26. The summed E-state index contributed by atoms with van der Waals surface area (Å²) in [6, 6.07) is 13.9. The van der Waals surface area contributed by atoms with Gasteiger partial charge < -0.3 is 10.1 Å². The van der Waals surface area contributed by atoms with Crippen molar-refractivity contribution in [3.05, 3.63) is 64.2 Å². The van der Waals surface area contributed by atoms with Gasteiger partial charge in [0.2, 0.25) is 0 Å². The first-order chi connectivity index (χ1) is 13.5. The Balaban J connectivity index is 1.46. The zero-order valence-electron chi connectivity index (χ0n) is 16.7. The number of benzene rings is 2. The minimum absolute atomic E-state index is 0.134. The Hall–Kier alpha value is -2.04. The molecule has 2 aromatic carbocycles. The summed E-state index contributed by atoms with van der Waals surface area (Å²) < 4.78 is 5.73. The molecular formula is C23H29ClN2O2. The Morgan fingerprint density at radius 3 is 2.46 bits per heavy atom. The van der Waals surface area contributed by atoms with Gasteiger partial charge in [-0.3, -0.25) is 9.69 Å². The Morgan fingerprint density at radius 2 is 1.79 bits per heavy atom. The van der Waals surface area contributed by atoms with Gasteiger partial charge in [-0.05, 0) is 74.7 Å². The number of piperidine rings is 1. The van der Waals surface area contributed by atoms with Crippen LogP contribution in [0.3, 0.4) is 0 Å². The average molecular weight is 401 g/mol. The Bertz CT molecular complexity index is 786. The molecule has 1 saturated heterocycles. The van der Waals surface area contributed by atoms with Gasteiger partial charge in [-0.15, -0.1) is 0 Å². The molecule has 1 heterocycles. The number of halogens is 1. The van der Waals surface area contributed by atoms with E-state index in [1.165, 1.54) is 37.9 Å². The molecule has 0 bridgehead atoms. The second-order valence-electron chi connectivity index (χ2n) is 7.54. The van der Waals surface area contributed by atoms with Crippen molar-refractivity contribution in [3.63, 3.8) is 0 Å². The van der Waals surface area contributed by atoms with Crippen molar-refractivity contribution in [2.45, 2.75) is 52.3 Å². The summed E-state index contributed by atoms with van der Waals surface area (Å²) in [6.45, 7) is 7.57. The van der Waals surface area contributed by atoms with Crippen LogP contribution >= 0.6 is 11.6 Å². The van der Waals surface area contributed by atoms with Gasteiger partial charge in [0.1, 0.15) is 5.75 Å². The van der Waals surface area contributed by atoms with E-state index >= 15 is 0 Å². The van der Waals surface area contributed by atoms with E-state index in [0.29, 0.717) is 17.3 Å². The van der Waals surface area contributed by atoms with Gasteiger partial charge in [-0.2, -0.15) is 0 Å². The number of carbonyl (C=O) groups is 1. The van der Waals surface area contributed by atoms with E-state index < -0.39 is 6.10 Å². The van der Waals surface area contributed by atoms with Crippen molar-refractivity contribution in [3.8, 4) is 5.75 Å². The van der Waals surface area contributed by atoms with Crippen molar-refractivity contribution in [2.75, 3.05) is 13.1 Å². The summed E-state index contributed by atoms with van der Waals surface area (Å²) in [5, 5.41) is 3.63. The molecule has 1 fully saturated rings. The highest BCUT2D eigenvalue weighted by Crippen LogP contribution is 2.22. The highest BCUT2D eigenvalue weighted by Gasteiger charge is 2.15. The predicted molar refractivity (Wildman–Crippen MR) is 114 cm³/mol. The summed E-state index contributed by atoms with van der Waals surface area (Å²) in [5.74, 6) is 0.511. The van der Waals surface area contributed by atoms with Crippen LogP contribution < -0.4 is 10.1 Å². The van der Waals surface area contributed by atoms with Crippen LogP contribution in [-0.2, 0) is 17.9 Å².